The average molecular weight is 286 g/mol. The van der Waals surface area contributed by atoms with Gasteiger partial charge in [-0.25, -0.2) is 9.36 Å². The minimum Gasteiger partial charge on any atom is -0.443 e. The Hall–Kier alpha value is -1.81. The second-order valence-electron chi connectivity index (χ2n) is 6.52. The molecule has 0 aliphatic heterocycles. The van der Waals surface area contributed by atoms with Crippen LogP contribution < -0.4 is 0 Å². The van der Waals surface area contributed by atoms with Gasteiger partial charge in [0.1, 0.15) is 5.60 Å². The number of benzene rings is 1. The number of aromatic nitrogens is 1. The Morgan fingerprint density at radius 3 is 2.52 bits per heavy atom. The van der Waals surface area contributed by atoms with Crippen molar-refractivity contribution < 1.29 is 9.53 Å². The minimum atomic E-state index is -0.551. The number of carbonyl (C=O) groups is 1. The second-order valence-corrected chi connectivity index (χ2v) is 6.52. The molecule has 112 valence electrons. The van der Waals surface area contributed by atoms with Crippen molar-refractivity contribution in [2.45, 2.75) is 32.9 Å². The molecule has 0 unspecified atom stereocenters. The SMILES string of the molecule is [CH]c1cc2cc(CN(C)C)ccc2n1C(=O)OC(C)(C)C. The predicted octanol–water partition coefficient (Wildman–Crippen LogP) is 3.55. The largest absolute Gasteiger partial charge is 0.443 e. The van der Waals surface area contributed by atoms with E-state index in [1.54, 1.807) is 6.07 Å². The molecule has 21 heavy (non-hydrogen) atoms. The Morgan fingerprint density at radius 2 is 1.95 bits per heavy atom. The van der Waals surface area contributed by atoms with E-state index < -0.39 is 11.7 Å². The van der Waals surface area contributed by atoms with Crippen LogP contribution in [0.3, 0.4) is 0 Å². The highest BCUT2D eigenvalue weighted by atomic mass is 16.6. The fourth-order valence-corrected chi connectivity index (χ4v) is 2.26. The van der Waals surface area contributed by atoms with E-state index in [-0.39, 0.29) is 0 Å². The molecule has 2 rings (SSSR count). The van der Waals surface area contributed by atoms with Crippen LogP contribution in [0.15, 0.2) is 24.3 Å². The van der Waals surface area contributed by atoms with Crippen LogP contribution in [0, 0.1) is 6.92 Å². The molecule has 0 aliphatic carbocycles. The number of ether oxygens (including phenoxy) is 1. The maximum absolute atomic E-state index is 12.3. The summed E-state index contributed by atoms with van der Waals surface area (Å²) < 4.78 is 6.82. The zero-order valence-electron chi connectivity index (χ0n) is 13.3. The van der Waals surface area contributed by atoms with Gasteiger partial charge in [0.15, 0.2) is 0 Å². The van der Waals surface area contributed by atoms with E-state index >= 15 is 0 Å². The van der Waals surface area contributed by atoms with Crippen LogP contribution in [0.1, 0.15) is 32.0 Å². The van der Waals surface area contributed by atoms with E-state index in [4.69, 9.17) is 11.7 Å². The first-order chi connectivity index (χ1) is 9.67. The van der Waals surface area contributed by atoms with E-state index in [0.717, 1.165) is 17.4 Å². The Labute approximate surface area is 126 Å². The molecule has 1 aromatic carbocycles. The first-order valence-electron chi connectivity index (χ1n) is 6.95. The number of hydrogen-bond acceptors (Lipinski definition) is 3. The molecule has 4 heteroatoms. The van der Waals surface area contributed by atoms with Gasteiger partial charge >= 0.3 is 6.09 Å². The smallest absolute Gasteiger partial charge is 0.419 e. The lowest BCUT2D eigenvalue weighted by atomic mass is 10.1. The maximum Gasteiger partial charge on any atom is 0.419 e. The standard InChI is InChI=1S/C17H22N2O2/c1-12-9-14-10-13(11-18(5)6)7-8-15(14)19(12)16(20)21-17(2,3)4/h1,7-10H,11H2,2-6H3. The molecule has 0 aliphatic rings. The van der Waals surface area contributed by atoms with E-state index in [9.17, 15) is 4.79 Å². The predicted molar refractivity (Wildman–Crippen MR) is 84.4 cm³/mol. The van der Waals surface area contributed by atoms with Crippen LogP contribution in [-0.4, -0.2) is 35.3 Å². The molecule has 4 nitrogen and oxygen atoms in total. The highest BCUT2D eigenvalue weighted by Gasteiger charge is 2.20. The third kappa shape index (κ3) is 3.64. The molecule has 0 bridgehead atoms. The maximum atomic E-state index is 12.3. The van der Waals surface area contributed by atoms with Gasteiger partial charge in [-0.05, 0) is 58.6 Å². The molecule has 0 N–H and O–H groups in total. The van der Waals surface area contributed by atoms with Crippen molar-refractivity contribution in [3.63, 3.8) is 0 Å². The van der Waals surface area contributed by atoms with E-state index in [1.165, 1.54) is 10.1 Å². The topological polar surface area (TPSA) is 34.5 Å². The van der Waals surface area contributed by atoms with Crippen LogP contribution in [-0.2, 0) is 11.3 Å². The van der Waals surface area contributed by atoms with E-state index in [1.807, 2.05) is 53.1 Å². The molecule has 0 saturated carbocycles. The molecule has 0 spiro atoms. The van der Waals surface area contributed by atoms with Crippen LogP contribution in [0.4, 0.5) is 4.79 Å². The Bertz CT molecular complexity index is 663. The lowest BCUT2D eigenvalue weighted by Gasteiger charge is -2.20. The summed E-state index contributed by atoms with van der Waals surface area (Å²) >= 11 is 0. The molecular formula is C17H22N2O2. The summed E-state index contributed by atoms with van der Waals surface area (Å²) in [6.45, 7) is 12.3. The summed E-state index contributed by atoms with van der Waals surface area (Å²) in [4.78, 5) is 14.4. The molecule has 2 radical (unpaired) electrons. The highest BCUT2D eigenvalue weighted by molar-refractivity contribution is 5.91. The molecular weight excluding hydrogens is 264 g/mol. The highest BCUT2D eigenvalue weighted by Crippen LogP contribution is 2.23. The molecule has 2 aromatic rings. The molecule has 0 saturated heterocycles. The molecule has 1 heterocycles. The first-order valence-corrected chi connectivity index (χ1v) is 6.95. The summed E-state index contributed by atoms with van der Waals surface area (Å²) in [6.07, 6.45) is -0.449. The zero-order valence-corrected chi connectivity index (χ0v) is 13.3. The Kier molecular flexibility index (Phi) is 4.10. The number of carbonyl (C=O) groups excluding carboxylic acids is 1. The number of fused-ring (bicyclic) bond motifs is 1. The fourth-order valence-electron chi connectivity index (χ4n) is 2.26. The molecule has 0 atom stereocenters. The number of rotatable bonds is 2. The van der Waals surface area contributed by atoms with Gasteiger partial charge in [-0.3, -0.25) is 0 Å². The lowest BCUT2D eigenvalue weighted by Crippen LogP contribution is -2.27. The zero-order chi connectivity index (χ0) is 15.8. The number of nitrogens with zero attached hydrogens (tertiary/aromatic N) is 2. The van der Waals surface area contributed by atoms with Gasteiger partial charge in [0.25, 0.3) is 0 Å². The van der Waals surface area contributed by atoms with Crippen LogP contribution in [0.25, 0.3) is 10.9 Å². The van der Waals surface area contributed by atoms with Crippen molar-refractivity contribution in [1.82, 2.24) is 9.47 Å². The van der Waals surface area contributed by atoms with Gasteiger partial charge in [0, 0.05) is 24.5 Å². The normalized spacial score (nSPS) is 12.1. The monoisotopic (exact) mass is 286 g/mol. The lowest BCUT2D eigenvalue weighted by molar-refractivity contribution is 0.0543. The summed E-state index contributed by atoms with van der Waals surface area (Å²) in [7, 11) is 4.04. The van der Waals surface area contributed by atoms with Gasteiger partial charge in [-0.15, -0.1) is 0 Å². The van der Waals surface area contributed by atoms with Crippen LogP contribution >= 0.6 is 0 Å². The summed E-state index contributed by atoms with van der Waals surface area (Å²) in [6, 6.07) is 7.77. The van der Waals surface area contributed by atoms with Crippen molar-refractivity contribution in [3.8, 4) is 0 Å². The third-order valence-electron chi connectivity index (χ3n) is 2.97. The third-order valence-corrected chi connectivity index (χ3v) is 2.97. The van der Waals surface area contributed by atoms with E-state index in [2.05, 4.69) is 4.90 Å². The van der Waals surface area contributed by atoms with Gasteiger partial charge in [0.2, 0.25) is 0 Å². The van der Waals surface area contributed by atoms with Crippen molar-refractivity contribution in [2.75, 3.05) is 14.1 Å². The average Bonchev–Trinajstić information content (AvgIpc) is 2.60. The summed E-state index contributed by atoms with van der Waals surface area (Å²) in [5, 5.41) is 0.942. The van der Waals surface area contributed by atoms with Crippen LogP contribution in [0.5, 0.6) is 0 Å². The molecule has 1 aromatic heterocycles. The quantitative estimate of drug-likeness (QED) is 0.847. The van der Waals surface area contributed by atoms with Gasteiger partial charge in [0.05, 0.1) is 5.52 Å². The Morgan fingerprint density at radius 1 is 1.29 bits per heavy atom. The van der Waals surface area contributed by atoms with Crippen molar-refractivity contribution >= 4 is 17.0 Å². The summed E-state index contributed by atoms with van der Waals surface area (Å²) in [5.74, 6) is 0. The number of hydrogen-bond donors (Lipinski definition) is 0. The molecule has 0 fully saturated rings. The second kappa shape index (κ2) is 5.53. The van der Waals surface area contributed by atoms with Crippen LogP contribution in [0.2, 0.25) is 0 Å². The Balaban J connectivity index is 2.41. The van der Waals surface area contributed by atoms with Gasteiger partial charge < -0.3 is 9.64 Å². The fraction of sp³-hybridized carbons (Fsp3) is 0.412. The van der Waals surface area contributed by atoms with Crippen molar-refractivity contribution in [1.29, 1.82) is 0 Å². The van der Waals surface area contributed by atoms with E-state index in [0.29, 0.717) is 5.69 Å². The van der Waals surface area contributed by atoms with Crippen molar-refractivity contribution in [3.05, 3.63) is 42.4 Å². The molecule has 0 amide bonds. The van der Waals surface area contributed by atoms with Gasteiger partial charge in [-0.1, -0.05) is 6.07 Å². The van der Waals surface area contributed by atoms with Crippen molar-refractivity contribution in [2.24, 2.45) is 0 Å². The van der Waals surface area contributed by atoms with Gasteiger partial charge in [-0.2, -0.15) is 0 Å². The summed E-state index contributed by atoms with van der Waals surface area (Å²) in [5.41, 5.74) is 1.78. The first kappa shape index (κ1) is 15.6. The minimum absolute atomic E-state index is 0.390.